The fraction of sp³-hybridized carbons (Fsp3) is 0.688. The lowest BCUT2D eigenvalue weighted by atomic mass is 9.94. The van der Waals surface area contributed by atoms with Crippen LogP contribution < -0.4 is 5.32 Å². The second-order valence-corrected chi connectivity index (χ2v) is 6.05. The molecule has 1 saturated heterocycles. The van der Waals surface area contributed by atoms with Crippen LogP contribution in [0.5, 0.6) is 0 Å². The van der Waals surface area contributed by atoms with Gasteiger partial charge in [0.05, 0.1) is 12.8 Å². The van der Waals surface area contributed by atoms with Crippen molar-refractivity contribution in [2.75, 3.05) is 26.2 Å². The van der Waals surface area contributed by atoms with Gasteiger partial charge in [-0.25, -0.2) is 4.79 Å². The number of hydrogen-bond acceptors (Lipinski definition) is 3. The zero-order valence-electron chi connectivity index (χ0n) is 12.6. The SMILES string of the molecule is O=C(NCc1ccco1)N1CCN(C2CCCCC2)CC1. The molecule has 21 heavy (non-hydrogen) atoms. The van der Waals surface area contributed by atoms with E-state index >= 15 is 0 Å². The molecule has 1 N–H and O–H groups in total. The molecule has 0 spiro atoms. The van der Waals surface area contributed by atoms with Gasteiger partial charge in [0, 0.05) is 32.2 Å². The number of nitrogens with one attached hydrogen (secondary N) is 1. The number of carbonyl (C=O) groups is 1. The summed E-state index contributed by atoms with van der Waals surface area (Å²) in [6, 6.07) is 4.49. The zero-order chi connectivity index (χ0) is 14.5. The molecule has 2 aliphatic rings. The largest absolute Gasteiger partial charge is 0.467 e. The molecule has 1 aromatic heterocycles. The molecular formula is C16H25N3O2. The highest BCUT2D eigenvalue weighted by Crippen LogP contribution is 2.23. The Balaban J connectivity index is 1.41. The first-order valence-electron chi connectivity index (χ1n) is 8.12. The highest BCUT2D eigenvalue weighted by molar-refractivity contribution is 5.74. The summed E-state index contributed by atoms with van der Waals surface area (Å²) in [4.78, 5) is 16.6. The molecule has 1 aliphatic carbocycles. The number of piperazine rings is 1. The first kappa shape index (κ1) is 14.4. The van der Waals surface area contributed by atoms with Gasteiger partial charge in [0.1, 0.15) is 5.76 Å². The summed E-state index contributed by atoms with van der Waals surface area (Å²) in [5.74, 6) is 0.796. The van der Waals surface area contributed by atoms with Crippen LogP contribution in [0.2, 0.25) is 0 Å². The minimum absolute atomic E-state index is 0.0229. The first-order chi connectivity index (χ1) is 10.3. The Bertz CT molecular complexity index is 432. The molecule has 0 unspecified atom stereocenters. The molecule has 2 fully saturated rings. The number of carbonyl (C=O) groups excluding carboxylic acids is 1. The number of rotatable bonds is 3. The van der Waals surface area contributed by atoms with Crippen LogP contribution in [-0.4, -0.2) is 48.1 Å². The fourth-order valence-corrected chi connectivity index (χ4v) is 3.42. The van der Waals surface area contributed by atoms with Gasteiger partial charge < -0.3 is 14.6 Å². The second-order valence-electron chi connectivity index (χ2n) is 6.05. The van der Waals surface area contributed by atoms with E-state index in [1.807, 2.05) is 17.0 Å². The van der Waals surface area contributed by atoms with Crippen molar-refractivity contribution in [3.8, 4) is 0 Å². The van der Waals surface area contributed by atoms with Gasteiger partial charge in [-0.3, -0.25) is 4.90 Å². The van der Waals surface area contributed by atoms with Gasteiger partial charge in [-0.15, -0.1) is 0 Å². The summed E-state index contributed by atoms with van der Waals surface area (Å²) in [6.07, 6.45) is 8.44. The molecular weight excluding hydrogens is 266 g/mol. The van der Waals surface area contributed by atoms with Gasteiger partial charge in [0.2, 0.25) is 0 Å². The van der Waals surface area contributed by atoms with Crippen LogP contribution in [0.25, 0.3) is 0 Å². The standard InChI is InChI=1S/C16H25N3O2/c20-16(17-13-15-7-4-12-21-15)19-10-8-18(9-11-19)14-5-2-1-3-6-14/h4,7,12,14H,1-3,5-6,8-11,13H2,(H,17,20). The minimum atomic E-state index is 0.0229. The quantitative estimate of drug-likeness (QED) is 0.930. The normalized spacial score (nSPS) is 21.4. The lowest BCUT2D eigenvalue weighted by Gasteiger charge is -2.40. The average Bonchev–Trinajstić information content (AvgIpc) is 3.07. The van der Waals surface area contributed by atoms with E-state index in [1.54, 1.807) is 6.26 Å². The van der Waals surface area contributed by atoms with Crippen molar-refractivity contribution in [1.82, 2.24) is 15.1 Å². The maximum absolute atomic E-state index is 12.1. The topological polar surface area (TPSA) is 48.7 Å². The second kappa shape index (κ2) is 6.98. The summed E-state index contributed by atoms with van der Waals surface area (Å²) in [6.45, 7) is 4.16. The molecule has 116 valence electrons. The van der Waals surface area contributed by atoms with Gasteiger partial charge >= 0.3 is 6.03 Å². The van der Waals surface area contributed by atoms with Crippen LogP contribution in [0.15, 0.2) is 22.8 Å². The first-order valence-corrected chi connectivity index (χ1v) is 8.12. The van der Waals surface area contributed by atoms with Gasteiger partial charge in [-0.05, 0) is 25.0 Å². The monoisotopic (exact) mass is 291 g/mol. The van der Waals surface area contributed by atoms with Gasteiger partial charge in [-0.1, -0.05) is 19.3 Å². The Morgan fingerprint density at radius 2 is 1.95 bits per heavy atom. The summed E-state index contributed by atoms with van der Waals surface area (Å²) in [7, 11) is 0. The van der Waals surface area contributed by atoms with E-state index in [4.69, 9.17) is 4.42 Å². The smallest absolute Gasteiger partial charge is 0.317 e. The third-order valence-corrected chi connectivity index (χ3v) is 4.69. The molecule has 5 heteroatoms. The predicted molar refractivity (Wildman–Crippen MR) is 81.0 cm³/mol. The molecule has 0 bridgehead atoms. The van der Waals surface area contributed by atoms with Crippen LogP contribution in [-0.2, 0) is 6.54 Å². The Labute approximate surface area is 126 Å². The molecule has 3 rings (SSSR count). The number of urea groups is 1. The van der Waals surface area contributed by atoms with Crippen LogP contribution in [0.4, 0.5) is 4.79 Å². The molecule has 0 aromatic carbocycles. The Morgan fingerprint density at radius 1 is 1.19 bits per heavy atom. The Morgan fingerprint density at radius 3 is 2.62 bits per heavy atom. The van der Waals surface area contributed by atoms with E-state index in [1.165, 1.54) is 32.1 Å². The van der Waals surface area contributed by atoms with Crippen molar-refractivity contribution in [2.24, 2.45) is 0 Å². The molecule has 1 saturated carbocycles. The van der Waals surface area contributed by atoms with E-state index in [9.17, 15) is 4.79 Å². The lowest BCUT2D eigenvalue weighted by molar-refractivity contribution is 0.0903. The van der Waals surface area contributed by atoms with Crippen LogP contribution >= 0.6 is 0 Å². The summed E-state index contributed by atoms with van der Waals surface area (Å²) >= 11 is 0. The Kier molecular flexibility index (Phi) is 4.80. The van der Waals surface area contributed by atoms with Crippen molar-refractivity contribution >= 4 is 6.03 Å². The number of nitrogens with zero attached hydrogens (tertiary/aromatic N) is 2. The summed E-state index contributed by atoms with van der Waals surface area (Å²) in [5.41, 5.74) is 0. The van der Waals surface area contributed by atoms with E-state index in [-0.39, 0.29) is 6.03 Å². The lowest BCUT2D eigenvalue weighted by Crippen LogP contribution is -2.54. The molecule has 2 heterocycles. The van der Waals surface area contributed by atoms with Crippen molar-refractivity contribution < 1.29 is 9.21 Å². The van der Waals surface area contributed by atoms with Crippen molar-refractivity contribution in [3.63, 3.8) is 0 Å². The van der Waals surface area contributed by atoms with Crippen molar-refractivity contribution in [2.45, 2.75) is 44.7 Å². The van der Waals surface area contributed by atoms with Crippen LogP contribution in [0, 0.1) is 0 Å². The van der Waals surface area contributed by atoms with Crippen molar-refractivity contribution in [1.29, 1.82) is 0 Å². The highest BCUT2D eigenvalue weighted by atomic mass is 16.3. The highest BCUT2D eigenvalue weighted by Gasteiger charge is 2.26. The fourth-order valence-electron chi connectivity index (χ4n) is 3.42. The predicted octanol–water partition coefficient (Wildman–Crippen LogP) is 2.44. The zero-order valence-corrected chi connectivity index (χ0v) is 12.6. The van der Waals surface area contributed by atoms with Gasteiger partial charge in [-0.2, -0.15) is 0 Å². The summed E-state index contributed by atoms with van der Waals surface area (Å²) < 4.78 is 5.23. The van der Waals surface area contributed by atoms with Gasteiger partial charge in [0.25, 0.3) is 0 Å². The molecule has 0 radical (unpaired) electrons. The van der Waals surface area contributed by atoms with E-state index in [0.717, 1.165) is 38.0 Å². The maximum Gasteiger partial charge on any atom is 0.317 e. The van der Waals surface area contributed by atoms with Crippen LogP contribution in [0.3, 0.4) is 0 Å². The minimum Gasteiger partial charge on any atom is -0.467 e. The molecule has 5 nitrogen and oxygen atoms in total. The number of amides is 2. The van der Waals surface area contributed by atoms with Crippen molar-refractivity contribution in [3.05, 3.63) is 24.2 Å². The molecule has 2 amide bonds. The maximum atomic E-state index is 12.1. The summed E-state index contributed by atoms with van der Waals surface area (Å²) in [5, 5.41) is 2.92. The Hall–Kier alpha value is -1.49. The molecule has 1 aromatic rings. The van der Waals surface area contributed by atoms with Crippen LogP contribution in [0.1, 0.15) is 37.9 Å². The number of furan rings is 1. The van der Waals surface area contributed by atoms with E-state index in [0.29, 0.717) is 6.54 Å². The molecule has 1 aliphatic heterocycles. The third kappa shape index (κ3) is 3.79. The van der Waals surface area contributed by atoms with E-state index < -0.39 is 0 Å². The molecule has 0 atom stereocenters. The number of hydrogen-bond donors (Lipinski definition) is 1. The van der Waals surface area contributed by atoms with E-state index in [2.05, 4.69) is 10.2 Å². The van der Waals surface area contributed by atoms with Gasteiger partial charge in [0.15, 0.2) is 0 Å². The third-order valence-electron chi connectivity index (χ3n) is 4.69. The average molecular weight is 291 g/mol.